The van der Waals surface area contributed by atoms with E-state index >= 15 is 0 Å². The molecule has 1 atom stereocenters. The molecule has 134 valence electrons. The lowest BCUT2D eigenvalue weighted by Crippen LogP contribution is -2.26. The Morgan fingerprint density at radius 1 is 1.15 bits per heavy atom. The van der Waals surface area contributed by atoms with Crippen molar-refractivity contribution in [2.24, 2.45) is 0 Å². The van der Waals surface area contributed by atoms with Gasteiger partial charge in [-0.2, -0.15) is 0 Å². The van der Waals surface area contributed by atoms with Gasteiger partial charge in [0.2, 0.25) is 0 Å². The van der Waals surface area contributed by atoms with Crippen LogP contribution in [0.15, 0.2) is 60.8 Å². The van der Waals surface area contributed by atoms with Crippen molar-refractivity contribution in [3.8, 4) is 5.75 Å². The minimum absolute atomic E-state index is 0.259. The molecule has 26 heavy (non-hydrogen) atoms. The second-order valence-electron chi connectivity index (χ2n) is 5.92. The zero-order valence-electron chi connectivity index (χ0n) is 14.6. The molecule has 0 aliphatic rings. The first-order chi connectivity index (χ1) is 12.7. The van der Waals surface area contributed by atoms with Crippen molar-refractivity contribution in [2.45, 2.75) is 26.1 Å². The molecule has 3 aromatic rings. The molecular weight excluding hydrogens is 330 g/mol. The van der Waals surface area contributed by atoms with Gasteiger partial charge < -0.3 is 14.6 Å². The van der Waals surface area contributed by atoms with Gasteiger partial charge in [0.25, 0.3) is 0 Å². The van der Waals surface area contributed by atoms with E-state index in [2.05, 4.69) is 4.98 Å². The molecule has 0 saturated carbocycles. The van der Waals surface area contributed by atoms with Crippen molar-refractivity contribution in [1.82, 2.24) is 4.98 Å². The standard InChI is InChI=1S/C21H21NO4/c1-2-25-20(21(23)24)12-17-8-4-6-10-19(17)26-14-15-11-16-7-3-5-9-18(16)22-13-15/h3-11,13,20H,2,12,14H2,1H3,(H,23,24). The van der Waals surface area contributed by atoms with Crippen LogP contribution in [0, 0.1) is 0 Å². The average Bonchev–Trinajstić information content (AvgIpc) is 2.66. The largest absolute Gasteiger partial charge is 0.489 e. The number of hydrogen-bond acceptors (Lipinski definition) is 4. The molecule has 0 saturated heterocycles. The zero-order valence-corrected chi connectivity index (χ0v) is 14.6. The number of aliphatic carboxylic acids is 1. The topological polar surface area (TPSA) is 68.7 Å². The lowest BCUT2D eigenvalue weighted by Gasteiger charge is -2.16. The highest BCUT2D eigenvalue weighted by Crippen LogP contribution is 2.22. The van der Waals surface area contributed by atoms with Gasteiger partial charge in [-0.3, -0.25) is 4.98 Å². The molecule has 1 aromatic heterocycles. The molecule has 0 aliphatic carbocycles. The summed E-state index contributed by atoms with van der Waals surface area (Å²) in [5.74, 6) is -0.313. The number of carbonyl (C=O) groups is 1. The summed E-state index contributed by atoms with van der Waals surface area (Å²) < 4.78 is 11.3. The maximum Gasteiger partial charge on any atom is 0.333 e. The van der Waals surface area contributed by atoms with Crippen LogP contribution in [-0.2, 0) is 22.6 Å². The van der Waals surface area contributed by atoms with E-state index in [1.54, 1.807) is 13.1 Å². The van der Waals surface area contributed by atoms with Crippen LogP contribution in [0.1, 0.15) is 18.1 Å². The van der Waals surface area contributed by atoms with E-state index in [9.17, 15) is 9.90 Å². The van der Waals surface area contributed by atoms with Gasteiger partial charge in [-0.1, -0.05) is 36.4 Å². The molecule has 0 aliphatic heterocycles. The molecule has 0 bridgehead atoms. The molecule has 0 spiro atoms. The van der Waals surface area contributed by atoms with Crippen LogP contribution < -0.4 is 4.74 Å². The fourth-order valence-electron chi connectivity index (χ4n) is 2.79. The van der Waals surface area contributed by atoms with Gasteiger partial charge in [-0.25, -0.2) is 4.79 Å². The Bertz CT molecular complexity index is 894. The molecule has 1 unspecified atom stereocenters. The Morgan fingerprint density at radius 3 is 2.73 bits per heavy atom. The Hall–Kier alpha value is -2.92. The van der Waals surface area contributed by atoms with Crippen molar-refractivity contribution in [3.05, 3.63) is 71.9 Å². The summed E-state index contributed by atoms with van der Waals surface area (Å²) in [6, 6.07) is 17.4. The summed E-state index contributed by atoms with van der Waals surface area (Å²) in [6.07, 6.45) is 1.17. The highest BCUT2D eigenvalue weighted by molar-refractivity contribution is 5.78. The zero-order chi connectivity index (χ0) is 18.4. The molecular formula is C21H21NO4. The molecule has 5 heteroatoms. The van der Waals surface area contributed by atoms with E-state index in [4.69, 9.17) is 9.47 Å². The van der Waals surface area contributed by atoms with Gasteiger partial charge in [-0.15, -0.1) is 0 Å². The Kier molecular flexibility index (Phi) is 5.81. The smallest absolute Gasteiger partial charge is 0.333 e. The Balaban J connectivity index is 1.74. The molecule has 3 rings (SSSR count). The lowest BCUT2D eigenvalue weighted by molar-refractivity contribution is -0.149. The summed E-state index contributed by atoms with van der Waals surface area (Å²) >= 11 is 0. The summed E-state index contributed by atoms with van der Waals surface area (Å²) in [4.78, 5) is 15.8. The molecule has 0 radical (unpaired) electrons. The van der Waals surface area contributed by atoms with Gasteiger partial charge in [0.1, 0.15) is 12.4 Å². The predicted molar refractivity (Wildman–Crippen MR) is 99.3 cm³/mol. The number of carboxylic acid groups (broad SMARTS) is 1. The van der Waals surface area contributed by atoms with E-state index < -0.39 is 12.1 Å². The number of nitrogens with zero attached hydrogens (tertiary/aromatic N) is 1. The molecule has 0 fully saturated rings. The third-order valence-electron chi connectivity index (χ3n) is 4.06. The first kappa shape index (κ1) is 17.9. The summed E-state index contributed by atoms with van der Waals surface area (Å²) in [5.41, 5.74) is 2.71. The maximum absolute atomic E-state index is 11.3. The maximum atomic E-state index is 11.3. The summed E-state index contributed by atoms with van der Waals surface area (Å²) in [6.45, 7) is 2.50. The van der Waals surface area contributed by atoms with Crippen LogP contribution in [0.5, 0.6) is 5.75 Å². The Labute approximate surface area is 152 Å². The Morgan fingerprint density at radius 2 is 1.92 bits per heavy atom. The van der Waals surface area contributed by atoms with Gasteiger partial charge in [0.15, 0.2) is 6.10 Å². The second-order valence-corrected chi connectivity index (χ2v) is 5.92. The molecule has 1 N–H and O–H groups in total. The summed E-state index contributed by atoms with van der Waals surface area (Å²) in [5, 5.41) is 10.4. The normalized spacial score (nSPS) is 12.0. The van der Waals surface area contributed by atoms with Gasteiger partial charge in [-0.05, 0) is 30.7 Å². The minimum atomic E-state index is -0.972. The van der Waals surface area contributed by atoms with Crippen LogP contribution in [0.2, 0.25) is 0 Å². The lowest BCUT2D eigenvalue weighted by atomic mass is 10.1. The van der Waals surface area contributed by atoms with Gasteiger partial charge in [0.05, 0.1) is 5.52 Å². The number of ether oxygens (including phenoxy) is 2. The molecule has 1 heterocycles. The van der Waals surface area contributed by atoms with Crippen molar-refractivity contribution in [3.63, 3.8) is 0 Å². The third kappa shape index (κ3) is 4.37. The van der Waals surface area contributed by atoms with Crippen molar-refractivity contribution < 1.29 is 19.4 Å². The van der Waals surface area contributed by atoms with E-state index in [1.165, 1.54) is 0 Å². The SMILES string of the molecule is CCOC(Cc1ccccc1OCc1cnc2ccccc2c1)C(=O)O. The fraction of sp³-hybridized carbons (Fsp3) is 0.238. The van der Waals surface area contributed by atoms with Gasteiger partial charge in [0, 0.05) is 30.2 Å². The van der Waals surface area contributed by atoms with Crippen LogP contribution in [0.3, 0.4) is 0 Å². The van der Waals surface area contributed by atoms with E-state index in [0.29, 0.717) is 19.0 Å². The molecule has 2 aromatic carbocycles. The number of pyridine rings is 1. The number of para-hydroxylation sites is 2. The van der Waals surface area contributed by atoms with Crippen LogP contribution in [0.4, 0.5) is 0 Å². The average molecular weight is 351 g/mol. The highest BCUT2D eigenvalue weighted by atomic mass is 16.5. The van der Waals surface area contributed by atoms with Crippen molar-refractivity contribution in [2.75, 3.05) is 6.61 Å². The monoisotopic (exact) mass is 351 g/mol. The van der Waals surface area contributed by atoms with E-state index in [0.717, 1.165) is 22.0 Å². The summed E-state index contributed by atoms with van der Waals surface area (Å²) in [7, 11) is 0. The first-order valence-electron chi connectivity index (χ1n) is 8.56. The number of aromatic nitrogens is 1. The van der Waals surface area contributed by atoms with Crippen molar-refractivity contribution in [1.29, 1.82) is 0 Å². The number of benzene rings is 2. The quantitative estimate of drug-likeness (QED) is 0.668. The van der Waals surface area contributed by atoms with Crippen LogP contribution in [0.25, 0.3) is 10.9 Å². The number of rotatable bonds is 8. The van der Waals surface area contributed by atoms with E-state index in [-0.39, 0.29) is 6.42 Å². The third-order valence-corrected chi connectivity index (χ3v) is 4.06. The van der Waals surface area contributed by atoms with Crippen LogP contribution in [-0.4, -0.2) is 28.8 Å². The molecule has 5 nitrogen and oxygen atoms in total. The highest BCUT2D eigenvalue weighted by Gasteiger charge is 2.20. The van der Waals surface area contributed by atoms with Crippen molar-refractivity contribution >= 4 is 16.9 Å². The number of fused-ring (bicyclic) bond motifs is 1. The van der Waals surface area contributed by atoms with E-state index in [1.807, 2.05) is 54.6 Å². The minimum Gasteiger partial charge on any atom is -0.489 e. The van der Waals surface area contributed by atoms with Crippen LogP contribution >= 0.6 is 0 Å². The second kappa shape index (κ2) is 8.45. The number of hydrogen-bond donors (Lipinski definition) is 1. The number of carboxylic acids is 1. The predicted octanol–water partition coefficient (Wildman–Crippen LogP) is 3.85. The molecule has 0 amide bonds. The fourth-order valence-corrected chi connectivity index (χ4v) is 2.79. The van der Waals surface area contributed by atoms with Gasteiger partial charge >= 0.3 is 5.97 Å². The first-order valence-corrected chi connectivity index (χ1v) is 8.56.